The first-order valence-corrected chi connectivity index (χ1v) is 8.61. The first kappa shape index (κ1) is 18.3. The fourth-order valence-corrected chi connectivity index (χ4v) is 3.36. The van der Waals surface area contributed by atoms with Gasteiger partial charge < -0.3 is 14.7 Å². The average Bonchev–Trinajstić information content (AvgIpc) is 2.60. The molecule has 1 aliphatic rings. The molecule has 1 aliphatic heterocycles. The Kier molecular flexibility index (Phi) is 4.96. The molecule has 26 heavy (non-hydrogen) atoms. The van der Waals surface area contributed by atoms with Crippen LogP contribution in [0.4, 0.5) is 4.39 Å². The van der Waals surface area contributed by atoms with Gasteiger partial charge in [-0.25, -0.2) is 9.18 Å². The molecule has 1 amide bonds. The molecule has 2 aromatic rings. The third kappa shape index (κ3) is 3.70. The predicted molar refractivity (Wildman–Crippen MR) is 95.4 cm³/mol. The molecule has 0 aliphatic carbocycles. The summed E-state index contributed by atoms with van der Waals surface area (Å²) >= 11 is 0. The molecular formula is C20H22FNO4. The zero-order valence-electron chi connectivity index (χ0n) is 14.9. The van der Waals surface area contributed by atoms with Gasteiger partial charge in [-0.3, -0.25) is 4.79 Å². The monoisotopic (exact) mass is 359 g/mol. The summed E-state index contributed by atoms with van der Waals surface area (Å²) in [7, 11) is 0. The van der Waals surface area contributed by atoms with Crippen molar-refractivity contribution >= 4 is 22.6 Å². The van der Waals surface area contributed by atoms with Crippen LogP contribution in [0.15, 0.2) is 36.4 Å². The van der Waals surface area contributed by atoms with Gasteiger partial charge in [-0.05, 0) is 37.3 Å². The van der Waals surface area contributed by atoms with E-state index >= 15 is 0 Å². The van der Waals surface area contributed by atoms with Crippen LogP contribution in [0.3, 0.4) is 0 Å². The molecule has 5 nitrogen and oxygen atoms in total. The summed E-state index contributed by atoms with van der Waals surface area (Å²) in [4.78, 5) is 25.5. The lowest BCUT2D eigenvalue weighted by atomic mass is 9.99. The van der Waals surface area contributed by atoms with Crippen molar-refractivity contribution < 1.29 is 23.8 Å². The summed E-state index contributed by atoms with van der Waals surface area (Å²) in [6.07, 6.45) is 0.583. The van der Waals surface area contributed by atoms with Gasteiger partial charge in [0.15, 0.2) is 6.04 Å². The summed E-state index contributed by atoms with van der Waals surface area (Å²) in [6.45, 7) is 3.87. The van der Waals surface area contributed by atoms with Crippen LogP contribution in [-0.4, -0.2) is 46.7 Å². The second kappa shape index (κ2) is 7.03. The number of morpholine rings is 1. The number of aliphatic carboxylic acids is 1. The minimum Gasteiger partial charge on any atom is -0.480 e. The highest BCUT2D eigenvalue weighted by atomic mass is 19.1. The number of aryl methyl sites for hydroxylation is 1. The molecule has 0 aromatic heterocycles. The third-order valence-corrected chi connectivity index (χ3v) is 4.73. The van der Waals surface area contributed by atoms with Crippen LogP contribution in [-0.2, 0) is 20.7 Å². The number of hydrogen-bond donors (Lipinski definition) is 1. The number of fused-ring (bicyclic) bond motifs is 1. The first-order chi connectivity index (χ1) is 12.3. The Morgan fingerprint density at radius 3 is 2.62 bits per heavy atom. The molecule has 138 valence electrons. The molecule has 1 N–H and O–H groups in total. The maximum atomic E-state index is 13.9. The summed E-state index contributed by atoms with van der Waals surface area (Å²) in [5, 5.41) is 10.7. The smallest absolute Gasteiger partial charge is 0.328 e. The number of carboxylic acid groups (broad SMARTS) is 1. The van der Waals surface area contributed by atoms with Crippen LogP contribution < -0.4 is 0 Å². The van der Waals surface area contributed by atoms with Crippen molar-refractivity contribution in [3.8, 4) is 0 Å². The van der Waals surface area contributed by atoms with E-state index in [1.807, 2.05) is 26.0 Å². The van der Waals surface area contributed by atoms with Gasteiger partial charge in [0, 0.05) is 11.8 Å². The predicted octanol–water partition coefficient (Wildman–Crippen LogP) is 3.00. The molecular weight excluding hydrogens is 337 g/mol. The van der Waals surface area contributed by atoms with Crippen LogP contribution >= 0.6 is 0 Å². The molecule has 2 aromatic carbocycles. The second-order valence-corrected chi connectivity index (χ2v) is 7.20. The molecule has 0 bridgehead atoms. The lowest BCUT2D eigenvalue weighted by molar-refractivity contribution is -0.172. The SMILES string of the molecule is CC1(C)CN(C(=O)CCc2ccc(F)c3ccccc23)C(C(=O)O)CO1. The van der Waals surface area contributed by atoms with Crippen molar-refractivity contribution in [3.63, 3.8) is 0 Å². The van der Waals surface area contributed by atoms with E-state index < -0.39 is 17.6 Å². The molecule has 6 heteroatoms. The van der Waals surface area contributed by atoms with E-state index in [0.29, 0.717) is 11.8 Å². The zero-order chi connectivity index (χ0) is 18.9. The van der Waals surface area contributed by atoms with Gasteiger partial charge in [0.25, 0.3) is 0 Å². The van der Waals surface area contributed by atoms with E-state index in [9.17, 15) is 19.1 Å². The van der Waals surface area contributed by atoms with Crippen molar-refractivity contribution in [3.05, 3.63) is 47.8 Å². The Labute approximate surface area is 151 Å². The Morgan fingerprint density at radius 1 is 1.23 bits per heavy atom. The first-order valence-electron chi connectivity index (χ1n) is 8.61. The number of carbonyl (C=O) groups is 2. The highest BCUT2D eigenvalue weighted by molar-refractivity contribution is 5.88. The van der Waals surface area contributed by atoms with E-state index in [1.54, 1.807) is 18.2 Å². The number of amides is 1. The standard InChI is InChI=1S/C20H22FNO4/c1-20(2)12-22(17(11-26-20)19(24)25)18(23)10-8-13-7-9-16(21)15-6-4-3-5-14(13)15/h3-7,9,17H,8,10-12H2,1-2H3,(H,24,25). The molecule has 0 saturated carbocycles. The Morgan fingerprint density at radius 2 is 1.92 bits per heavy atom. The average molecular weight is 359 g/mol. The molecule has 1 fully saturated rings. The number of benzene rings is 2. The highest BCUT2D eigenvalue weighted by Crippen LogP contribution is 2.25. The van der Waals surface area contributed by atoms with Gasteiger partial charge in [-0.1, -0.05) is 30.3 Å². The lowest BCUT2D eigenvalue weighted by Gasteiger charge is -2.42. The molecule has 1 saturated heterocycles. The lowest BCUT2D eigenvalue weighted by Crippen LogP contribution is -2.58. The van der Waals surface area contributed by atoms with Crippen LogP contribution in [0, 0.1) is 5.82 Å². The summed E-state index contributed by atoms with van der Waals surface area (Å²) in [6, 6.07) is 9.26. The number of halogens is 1. The van der Waals surface area contributed by atoms with Crippen molar-refractivity contribution in [1.29, 1.82) is 0 Å². The van der Waals surface area contributed by atoms with Crippen molar-refractivity contribution in [2.45, 2.75) is 38.3 Å². The normalized spacial score (nSPS) is 19.5. The molecule has 1 unspecified atom stereocenters. The van der Waals surface area contributed by atoms with Crippen LogP contribution in [0.2, 0.25) is 0 Å². The van der Waals surface area contributed by atoms with E-state index in [1.165, 1.54) is 11.0 Å². The van der Waals surface area contributed by atoms with Crippen molar-refractivity contribution in [1.82, 2.24) is 4.90 Å². The minimum atomic E-state index is -1.07. The Hall–Kier alpha value is -2.47. The maximum absolute atomic E-state index is 13.9. The second-order valence-electron chi connectivity index (χ2n) is 7.20. The van der Waals surface area contributed by atoms with Crippen molar-refractivity contribution in [2.75, 3.05) is 13.2 Å². The number of carbonyl (C=O) groups excluding carboxylic acids is 1. The number of carboxylic acids is 1. The molecule has 0 radical (unpaired) electrons. The maximum Gasteiger partial charge on any atom is 0.328 e. The molecule has 0 spiro atoms. The van der Waals surface area contributed by atoms with Gasteiger partial charge in [0.05, 0.1) is 18.8 Å². The van der Waals surface area contributed by atoms with E-state index in [-0.39, 0.29) is 31.3 Å². The topological polar surface area (TPSA) is 66.8 Å². The van der Waals surface area contributed by atoms with Gasteiger partial charge >= 0.3 is 5.97 Å². The molecule has 3 rings (SSSR count). The van der Waals surface area contributed by atoms with Crippen LogP contribution in [0.5, 0.6) is 0 Å². The van der Waals surface area contributed by atoms with E-state index in [4.69, 9.17) is 4.74 Å². The van der Waals surface area contributed by atoms with E-state index in [2.05, 4.69) is 0 Å². The quantitative estimate of drug-likeness (QED) is 0.911. The summed E-state index contributed by atoms with van der Waals surface area (Å²) < 4.78 is 19.5. The third-order valence-electron chi connectivity index (χ3n) is 4.73. The fourth-order valence-electron chi connectivity index (χ4n) is 3.36. The largest absolute Gasteiger partial charge is 0.480 e. The van der Waals surface area contributed by atoms with E-state index in [0.717, 1.165) is 10.9 Å². The van der Waals surface area contributed by atoms with Gasteiger partial charge in [-0.2, -0.15) is 0 Å². The van der Waals surface area contributed by atoms with Gasteiger partial charge in [-0.15, -0.1) is 0 Å². The number of hydrogen-bond acceptors (Lipinski definition) is 3. The highest BCUT2D eigenvalue weighted by Gasteiger charge is 2.39. The van der Waals surface area contributed by atoms with Crippen LogP contribution in [0.25, 0.3) is 10.8 Å². The number of ether oxygens (including phenoxy) is 1. The van der Waals surface area contributed by atoms with Crippen molar-refractivity contribution in [2.24, 2.45) is 0 Å². The number of rotatable bonds is 4. The molecule has 1 heterocycles. The summed E-state index contributed by atoms with van der Waals surface area (Å²) in [5.41, 5.74) is 0.291. The Bertz CT molecular complexity index is 849. The molecule has 1 atom stereocenters. The summed E-state index contributed by atoms with van der Waals surface area (Å²) in [5.74, 6) is -1.60. The fraction of sp³-hybridized carbons (Fsp3) is 0.400. The zero-order valence-corrected chi connectivity index (χ0v) is 14.9. The minimum absolute atomic E-state index is 0.0203. The Balaban J connectivity index is 1.78. The van der Waals surface area contributed by atoms with Crippen LogP contribution in [0.1, 0.15) is 25.8 Å². The van der Waals surface area contributed by atoms with Gasteiger partial charge in [0.2, 0.25) is 5.91 Å². The van der Waals surface area contributed by atoms with Gasteiger partial charge in [0.1, 0.15) is 5.82 Å². The number of nitrogens with zero attached hydrogens (tertiary/aromatic N) is 1.